The zero-order chi connectivity index (χ0) is 17.2. The summed E-state index contributed by atoms with van der Waals surface area (Å²) >= 11 is 5.88. The first kappa shape index (κ1) is 17.1. The van der Waals surface area contributed by atoms with Crippen LogP contribution in [0.1, 0.15) is 16.7 Å². The highest BCUT2D eigenvalue weighted by molar-refractivity contribution is 6.30. The van der Waals surface area contributed by atoms with Crippen LogP contribution in [-0.2, 0) is 6.18 Å². The van der Waals surface area contributed by atoms with Gasteiger partial charge in [-0.2, -0.15) is 13.2 Å². The first-order valence-electron chi connectivity index (χ1n) is 6.60. The Labute approximate surface area is 136 Å². The maximum Gasteiger partial charge on any atom is 0.418 e. The minimum Gasteiger partial charge on any atom is -0.410 e. The number of rotatable bonds is 2. The largest absolute Gasteiger partial charge is 0.418 e. The Bertz CT molecular complexity index is 721. The smallest absolute Gasteiger partial charge is 0.410 e. The van der Waals surface area contributed by atoms with Crippen molar-refractivity contribution in [2.24, 2.45) is 0 Å². The summed E-state index contributed by atoms with van der Waals surface area (Å²) in [7, 11) is 0. The molecule has 1 N–H and O–H groups in total. The number of amides is 1. The lowest BCUT2D eigenvalue weighted by Crippen LogP contribution is -2.20. The van der Waals surface area contributed by atoms with E-state index in [4.69, 9.17) is 16.3 Å². The molecule has 0 saturated heterocycles. The van der Waals surface area contributed by atoms with Crippen LogP contribution < -0.4 is 10.1 Å². The van der Waals surface area contributed by atoms with Gasteiger partial charge in [-0.15, -0.1) is 0 Å². The minimum absolute atomic E-state index is 0.261. The van der Waals surface area contributed by atoms with Crippen molar-refractivity contribution in [2.45, 2.75) is 20.0 Å². The van der Waals surface area contributed by atoms with Crippen LogP contribution in [0.2, 0.25) is 5.02 Å². The van der Waals surface area contributed by atoms with E-state index in [0.717, 1.165) is 12.1 Å². The summed E-state index contributed by atoms with van der Waals surface area (Å²) in [6.07, 6.45) is -5.58. The molecule has 7 heteroatoms. The van der Waals surface area contributed by atoms with Crippen molar-refractivity contribution < 1.29 is 22.7 Å². The average molecular weight is 344 g/mol. The van der Waals surface area contributed by atoms with Crippen LogP contribution in [-0.4, -0.2) is 6.09 Å². The zero-order valence-electron chi connectivity index (χ0n) is 12.3. The lowest BCUT2D eigenvalue weighted by molar-refractivity contribution is -0.136. The van der Waals surface area contributed by atoms with Crippen LogP contribution in [0, 0.1) is 13.8 Å². The number of alkyl halides is 3. The van der Waals surface area contributed by atoms with Crippen molar-refractivity contribution in [3.8, 4) is 5.75 Å². The summed E-state index contributed by atoms with van der Waals surface area (Å²) in [6, 6.07) is 7.87. The van der Waals surface area contributed by atoms with E-state index in [1.807, 2.05) is 0 Å². The third-order valence-corrected chi connectivity index (χ3v) is 3.31. The van der Waals surface area contributed by atoms with Gasteiger partial charge in [0.15, 0.2) is 0 Å². The molecule has 2 rings (SSSR count). The van der Waals surface area contributed by atoms with Crippen LogP contribution in [0.4, 0.5) is 23.7 Å². The molecule has 0 aliphatic heterocycles. The highest BCUT2D eigenvalue weighted by Gasteiger charge is 2.33. The van der Waals surface area contributed by atoms with Gasteiger partial charge in [-0.05, 0) is 49.2 Å². The number of carbonyl (C=O) groups is 1. The highest BCUT2D eigenvalue weighted by atomic mass is 35.5. The number of para-hydroxylation sites is 1. The Morgan fingerprint density at radius 3 is 2.26 bits per heavy atom. The van der Waals surface area contributed by atoms with Gasteiger partial charge in [-0.3, -0.25) is 5.32 Å². The molecule has 2 aromatic rings. The number of anilines is 1. The van der Waals surface area contributed by atoms with Gasteiger partial charge in [0.1, 0.15) is 5.75 Å². The first-order valence-corrected chi connectivity index (χ1v) is 6.98. The van der Waals surface area contributed by atoms with Crippen LogP contribution in [0.3, 0.4) is 0 Å². The van der Waals surface area contributed by atoms with Crippen molar-refractivity contribution >= 4 is 23.4 Å². The summed E-state index contributed by atoms with van der Waals surface area (Å²) in [5.74, 6) is 0.261. The molecule has 0 radical (unpaired) electrons. The maximum atomic E-state index is 12.9. The van der Waals surface area contributed by atoms with Gasteiger partial charge in [0.25, 0.3) is 0 Å². The molecule has 23 heavy (non-hydrogen) atoms. The van der Waals surface area contributed by atoms with Crippen molar-refractivity contribution in [3.63, 3.8) is 0 Å². The average Bonchev–Trinajstić information content (AvgIpc) is 2.42. The van der Waals surface area contributed by atoms with Crippen LogP contribution in [0.5, 0.6) is 5.75 Å². The van der Waals surface area contributed by atoms with Gasteiger partial charge < -0.3 is 4.74 Å². The second-order valence-corrected chi connectivity index (χ2v) is 5.36. The van der Waals surface area contributed by atoms with Crippen molar-refractivity contribution in [3.05, 3.63) is 58.1 Å². The quantitative estimate of drug-likeness (QED) is 0.772. The Balaban J connectivity index is 2.22. The molecular weight excluding hydrogens is 331 g/mol. The summed E-state index contributed by atoms with van der Waals surface area (Å²) < 4.78 is 43.8. The molecule has 122 valence electrons. The fraction of sp³-hybridized carbons (Fsp3) is 0.188. The molecule has 0 saturated carbocycles. The molecule has 0 fully saturated rings. The molecule has 0 bridgehead atoms. The number of aryl methyl sites for hydroxylation is 2. The second kappa shape index (κ2) is 6.50. The van der Waals surface area contributed by atoms with Gasteiger partial charge in [0.2, 0.25) is 0 Å². The number of hydrogen-bond acceptors (Lipinski definition) is 2. The fourth-order valence-electron chi connectivity index (χ4n) is 2.13. The molecule has 3 nitrogen and oxygen atoms in total. The number of hydrogen-bond donors (Lipinski definition) is 1. The maximum absolute atomic E-state index is 12.9. The second-order valence-electron chi connectivity index (χ2n) is 4.93. The molecule has 2 aromatic carbocycles. The molecule has 0 atom stereocenters. The standard InChI is InChI=1S/C16H13ClF3NO2/c1-9-7-11(17)8-10(2)14(9)23-15(22)21-13-6-4-3-5-12(13)16(18,19)20/h3-8H,1-2H3,(H,21,22). The lowest BCUT2D eigenvalue weighted by Gasteiger charge is -2.15. The van der Waals surface area contributed by atoms with E-state index >= 15 is 0 Å². The van der Waals surface area contributed by atoms with Crippen LogP contribution in [0.15, 0.2) is 36.4 Å². The van der Waals surface area contributed by atoms with Crippen molar-refractivity contribution in [1.82, 2.24) is 0 Å². The Morgan fingerprint density at radius 2 is 1.70 bits per heavy atom. The molecule has 0 unspecified atom stereocenters. The van der Waals surface area contributed by atoms with E-state index < -0.39 is 17.8 Å². The molecule has 1 amide bonds. The van der Waals surface area contributed by atoms with Gasteiger partial charge in [0.05, 0.1) is 11.3 Å². The molecule has 0 aliphatic rings. The monoisotopic (exact) mass is 343 g/mol. The molecule has 0 aromatic heterocycles. The SMILES string of the molecule is Cc1cc(Cl)cc(C)c1OC(=O)Nc1ccccc1C(F)(F)F. The van der Waals surface area contributed by atoms with E-state index in [-0.39, 0.29) is 11.4 Å². The molecular formula is C16H13ClF3NO2. The predicted molar refractivity (Wildman–Crippen MR) is 82.0 cm³/mol. The lowest BCUT2D eigenvalue weighted by atomic mass is 10.1. The van der Waals surface area contributed by atoms with E-state index in [1.165, 1.54) is 12.1 Å². The van der Waals surface area contributed by atoms with Crippen molar-refractivity contribution in [2.75, 3.05) is 5.32 Å². The third kappa shape index (κ3) is 4.16. The summed E-state index contributed by atoms with van der Waals surface area (Å²) in [5.41, 5.74) is -0.0979. The number of ether oxygens (including phenoxy) is 1. The van der Waals surface area contributed by atoms with Crippen molar-refractivity contribution in [1.29, 1.82) is 0 Å². The minimum atomic E-state index is -4.57. The topological polar surface area (TPSA) is 38.3 Å². The molecule has 0 heterocycles. The first-order chi connectivity index (χ1) is 10.7. The van der Waals surface area contributed by atoms with Gasteiger partial charge >= 0.3 is 12.3 Å². The normalized spacial score (nSPS) is 11.2. The van der Waals surface area contributed by atoms with E-state index in [9.17, 15) is 18.0 Å². The molecule has 0 aliphatic carbocycles. The zero-order valence-corrected chi connectivity index (χ0v) is 13.0. The number of benzene rings is 2. The molecule has 0 spiro atoms. The Hall–Kier alpha value is -2.21. The van der Waals surface area contributed by atoms with E-state index in [1.54, 1.807) is 26.0 Å². The summed E-state index contributed by atoms with van der Waals surface area (Å²) in [4.78, 5) is 11.9. The van der Waals surface area contributed by atoms with Gasteiger partial charge in [-0.1, -0.05) is 23.7 Å². The predicted octanol–water partition coefficient (Wildman–Crippen LogP) is 5.59. The fourth-order valence-corrected chi connectivity index (χ4v) is 2.45. The van der Waals surface area contributed by atoms with Crippen LogP contribution >= 0.6 is 11.6 Å². The third-order valence-electron chi connectivity index (χ3n) is 3.09. The Morgan fingerprint density at radius 1 is 1.13 bits per heavy atom. The highest BCUT2D eigenvalue weighted by Crippen LogP contribution is 2.35. The van der Waals surface area contributed by atoms with Gasteiger partial charge in [0, 0.05) is 5.02 Å². The number of nitrogens with one attached hydrogen (secondary N) is 1. The van der Waals surface area contributed by atoms with E-state index in [2.05, 4.69) is 5.32 Å². The Kier molecular flexibility index (Phi) is 4.85. The summed E-state index contributed by atoms with van der Waals surface area (Å²) in [6.45, 7) is 3.37. The summed E-state index contributed by atoms with van der Waals surface area (Å²) in [5, 5.41) is 2.60. The van der Waals surface area contributed by atoms with E-state index in [0.29, 0.717) is 16.1 Å². The van der Waals surface area contributed by atoms with Gasteiger partial charge in [-0.25, -0.2) is 4.79 Å². The number of carbonyl (C=O) groups excluding carboxylic acids is 1. The number of halogens is 4. The van der Waals surface area contributed by atoms with Crippen LogP contribution in [0.25, 0.3) is 0 Å².